The maximum atomic E-state index is 6.43. The van der Waals surface area contributed by atoms with Crippen molar-refractivity contribution in [1.82, 2.24) is 15.0 Å². The fraction of sp³-hybridized carbons (Fsp3) is 0. The average molecular weight is 828 g/mol. The molecule has 13 aromatic rings. The summed E-state index contributed by atoms with van der Waals surface area (Å²) in [5.74, 6) is 1.82. The lowest BCUT2D eigenvalue weighted by molar-refractivity contribution is 0.670. The van der Waals surface area contributed by atoms with Crippen LogP contribution in [0.5, 0.6) is 0 Å². The zero-order valence-corrected chi connectivity index (χ0v) is 35.1. The SMILES string of the molecule is c1ccc(-c2ccccc2-c2nc(-c3ccc(-c4cccc5c4oc4ccccc45)cc3)nc(-c3ccc(-c4c5ccccc5cc5c4ccc4ccccc45)c4ccccc34)n2)cc1. The van der Waals surface area contributed by atoms with Crippen LogP contribution in [0.4, 0.5) is 0 Å². The van der Waals surface area contributed by atoms with E-state index in [4.69, 9.17) is 19.4 Å². The molecule has 13 rings (SSSR count). The van der Waals surface area contributed by atoms with Gasteiger partial charge in [-0.1, -0.05) is 206 Å². The molecular weight excluding hydrogens is 791 g/mol. The minimum atomic E-state index is 0.599. The Morgan fingerprint density at radius 2 is 0.815 bits per heavy atom. The fourth-order valence-electron chi connectivity index (χ4n) is 9.89. The zero-order valence-electron chi connectivity index (χ0n) is 35.1. The molecule has 0 bridgehead atoms. The molecule has 2 heterocycles. The largest absolute Gasteiger partial charge is 0.455 e. The van der Waals surface area contributed by atoms with Gasteiger partial charge < -0.3 is 4.42 Å². The van der Waals surface area contributed by atoms with Crippen molar-refractivity contribution >= 4 is 65.0 Å². The highest BCUT2D eigenvalue weighted by Crippen LogP contribution is 2.44. The molecule has 302 valence electrons. The second-order valence-electron chi connectivity index (χ2n) is 16.6. The maximum Gasteiger partial charge on any atom is 0.164 e. The Bertz CT molecular complexity index is 4000. The minimum Gasteiger partial charge on any atom is -0.455 e. The third kappa shape index (κ3) is 6.11. The second kappa shape index (κ2) is 15.0. The molecule has 0 aliphatic heterocycles. The standard InChI is InChI=1S/C61H37N3O/c1-2-15-38(16-3-1)43-19-8-11-25-53(43)60-62-59(41-31-29-40(30-32-41)46-26-14-27-52-49-24-12-13-28-56(49)65-58(46)52)63-61(64-60)54-36-35-50(47-22-9-10-23-48(47)54)57-45-21-7-5-18-42(45)37-55-44-20-6-4-17-39(44)33-34-51(55)57/h1-37H. The molecule has 0 saturated heterocycles. The summed E-state index contributed by atoms with van der Waals surface area (Å²) in [6.07, 6.45) is 0. The van der Waals surface area contributed by atoms with E-state index in [1.807, 2.05) is 18.2 Å². The Labute approximate surface area is 374 Å². The summed E-state index contributed by atoms with van der Waals surface area (Å²) in [5.41, 5.74) is 11.2. The normalized spacial score (nSPS) is 11.7. The summed E-state index contributed by atoms with van der Waals surface area (Å²) >= 11 is 0. The van der Waals surface area contributed by atoms with Gasteiger partial charge in [0.25, 0.3) is 0 Å². The van der Waals surface area contributed by atoms with E-state index in [1.54, 1.807) is 0 Å². The van der Waals surface area contributed by atoms with Crippen LogP contribution in [0.15, 0.2) is 229 Å². The van der Waals surface area contributed by atoms with Crippen LogP contribution >= 0.6 is 0 Å². The molecule has 0 fully saturated rings. The molecule has 0 unspecified atom stereocenters. The van der Waals surface area contributed by atoms with Crippen LogP contribution < -0.4 is 0 Å². The predicted octanol–water partition coefficient (Wildman–Crippen LogP) is 16.4. The van der Waals surface area contributed by atoms with Crippen LogP contribution in [0, 0.1) is 0 Å². The number of para-hydroxylation sites is 2. The molecular formula is C61H37N3O. The van der Waals surface area contributed by atoms with E-state index in [2.05, 4.69) is 206 Å². The Balaban J connectivity index is 1.01. The molecule has 0 amide bonds. The first kappa shape index (κ1) is 36.9. The Morgan fingerprint density at radius 3 is 1.63 bits per heavy atom. The number of hydrogen-bond donors (Lipinski definition) is 0. The maximum absolute atomic E-state index is 6.43. The summed E-state index contributed by atoms with van der Waals surface area (Å²) < 4.78 is 6.43. The molecule has 4 heteroatoms. The number of fused-ring (bicyclic) bond motifs is 8. The van der Waals surface area contributed by atoms with Crippen molar-refractivity contribution in [3.8, 4) is 67.5 Å². The number of rotatable bonds is 6. The summed E-state index contributed by atoms with van der Waals surface area (Å²) in [6.45, 7) is 0. The van der Waals surface area contributed by atoms with E-state index < -0.39 is 0 Å². The third-order valence-corrected chi connectivity index (χ3v) is 13.0. The predicted molar refractivity (Wildman–Crippen MR) is 270 cm³/mol. The van der Waals surface area contributed by atoms with Crippen LogP contribution in [0.25, 0.3) is 133 Å². The van der Waals surface area contributed by atoms with Crippen molar-refractivity contribution in [2.24, 2.45) is 0 Å². The summed E-state index contributed by atoms with van der Waals surface area (Å²) in [5, 5.41) is 11.8. The first-order valence-electron chi connectivity index (χ1n) is 22.0. The average Bonchev–Trinajstić information content (AvgIpc) is 3.77. The van der Waals surface area contributed by atoms with E-state index in [0.717, 1.165) is 71.7 Å². The molecule has 0 N–H and O–H groups in total. The summed E-state index contributed by atoms with van der Waals surface area (Å²) in [4.78, 5) is 16.0. The van der Waals surface area contributed by atoms with Gasteiger partial charge in [-0.15, -0.1) is 0 Å². The van der Waals surface area contributed by atoms with Crippen molar-refractivity contribution in [2.75, 3.05) is 0 Å². The van der Waals surface area contributed by atoms with Gasteiger partial charge in [0.2, 0.25) is 0 Å². The fourth-order valence-corrected chi connectivity index (χ4v) is 9.89. The van der Waals surface area contributed by atoms with Gasteiger partial charge in [-0.25, -0.2) is 15.0 Å². The molecule has 0 spiro atoms. The van der Waals surface area contributed by atoms with Crippen molar-refractivity contribution in [2.45, 2.75) is 0 Å². The van der Waals surface area contributed by atoms with Crippen molar-refractivity contribution in [3.05, 3.63) is 224 Å². The number of furan rings is 1. The monoisotopic (exact) mass is 827 g/mol. The zero-order chi connectivity index (χ0) is 42.8. The Morgan fingerprint density at radius 1 is 0.262 bits per heavy atom. The van der Waals surface area contributed by atoms with Gasteiger partial charge in [0.15, 0.2) is 17.5 Å². The van der Waals surface area contributed by atoms with Crippen LogP contribution in [0.2, 0.25) is 0 Å². The van der Waals surface area contributed by atoms with Crippen LogP contribution in [-0.4, -0.2) is 15.0 Å². The lowest BCUT2D eigenvalue weighted by atomic mass is 9.87. The Hall–Kier alpha value is -8.73. The highest BCUT2D eigenvalue weighted by Gasteiger charge is 2.21. The van der Waals surface area contributed by atoms with Gasteiger partial charge in [-0.05, 0) is 89.1 Å². The number of benzene rings is 11. The number of hydrogen-bond acceptors (Lipinski definition) is 4. The van der Waals surface area contributed by atoms with Gasteiger partial charge in [0, 0.05) is 33.0 Å². The van der Waals surface area contributed by atoms with Crippen LogP contribution in [0.1, 0.15) is 0 Å². The van der Waals surface area contributed by atoms with E-state index in [1.165, 1.54) is 43.4 Å². The van der Waals surface area contributed by atoms with Crippen molar-refractivity contribution in [3.63, 3.8) is 0 Å². The smallest absolute Gasteiger partial charge is 0.164 e. The number of aromatic nitrogens is 3. The third-order valence-electron chi connectivity index (χ3n) is 13.0. The van der Waals surface area contributed by atoms with E-state index in [-0.39, 0.29) is 0 Å². The molecule has 0 atom stereocenters. The molecule has 65 heavy (non-hydrogen) atoms. The van der Waals surface area contributed by atoms with Gasteiger partial charge >= 0.3 is 0 Å². The highest BCUT2D eigenvalue weighted by molar-refractivity contribution is 6.23. The van der Waals surface area contributed by atoms with Gasteiger partial charge in [0.1, 0.15) is 11.2 Å². The second-order valence-corrected chi connectivity index (χ2v) is 16.6. The topological polar surface area (TPSA) is 51.8 Å². The minimum absolute atomic E-state index is 0.599. The lowest BCUT2D eigenvalue weighted by Crippen LogP contribution is -2.02. The summed E-state index contributed by atoms with van der Waals surface area (Å²) in [6, 6.07) is 79.3. The first-order chi connectivity index (χ1) is 32.2. The highest BCUT2D eigenvalue weighted by atomic mass is 16.3. The molecule has 0 aliphatic carbocycles. The van der Waals surface area contributed by atoms with Crippen molar-refractivity contribution in [1.29, 1.82) is 0 Å². The lowest BCUT2D eigenvalue weighted by Gasteiger charge is -2.17. The van der Waals surface area contributed by atoms with Gasteiger partial charge in [0.05, 0.1) is 0 Å². The van der Waals surface area contributed by atoms with Gasteiger partial charge in [-0.2, -0.15) is 0 Å². The van der Waals surface area contributed by atoms with Crippen LogP contribution in [-0.2, 0) is 0 Å². The van der Waals surface area contributed by atoms with E-state index in [0.29, 0.717) is 17.5 Å². The first-order valence-corrected chi connectivity index (χ1v) is 22.0. The molecule has 0 saturated carbocycles. The molecule has 0 radical (unpaired) electrons. The van der Waals surface area contributed by atoms with E-state index in [9.17, 15) is 0 Å². The molecule has 0 aliphatic rings. The molecule has 2 aromatic heterocycles. The Kier molecular flexibility index (Phi) is 8.50. The number of nitrogens with zero attached hydrogens (tertiary/aromatic N) is 3. The van der Waals surface area contributed by atoms with Crippen LogP contribution in [0.3, 0.4) is 0 Å². The quantitative estimate of drug-likeness (QED) is 0.124. The molecule has 11 aromatic carbocycles. The van der Waals surface area contributed by atoms with E-state index >= 15 is 0 Å². The molecule has 4 nitrogen and oxygen atoms in total. The summed E-state index contributed by atoms with van der Waals surface area (Å²) in [7, 11) is 0. The van der Waals surface area contributed by atoms with Crippen molar-refractivity contribution < 1.29 is 4.42 Å². The van der Waals surface area contributed by atoms with Gasteiger partial charge in [-0.3, -0.25) is 0 Å².